The van der Waals surface area contributed by atoms with Gasteiger partial charge in [-0.2, -0.15) is 9.97 Å². The Hall–Kier alpha value is -1.89. The highest BCUT2D eigenvalue weighted by Crippen LogP contribution is 2.27. The number of aromatic nitrogens is 2. The van der Waals surface area contributed by atoms with Crippen molar-refractivity contribution in [1.29, 1.82) is 0 Å². The summed E-state index contributed by atoms with van der Waals surface area (Å²) in [4.78, 5) is 25.4. The van der Waals surface area contributed by atoms with Crippen LogP contribution < -0.4 is 10.5 Å². The van der Waals surface area contributed by atoms with Gasteiger partial charge < -0.3 is 20.3 Å². The fraction of sp³-hybridized carbons (Fsp3) is 0.783. The Balaban J connectivity index is 0.00000320. The van der Waals surface area contributed by atoms with Gasteiger partial charge in [-0.1, -0.05) is 39.5 Å². The molecule has 2 heterocycles. The first kappa shape index (κ1) is 24.4. The van der Waals surface area contributed by atoms with Crippen molar-refractivity contribution in [3.05, 3.63) is 11.4 Å². The maximum Gasteiger partial charge on any atom is 0.317 e. The molecule has 1 aromatic heterocycles. The summed E-state index contributed by atoms with van der Waals surface area (Å²) in [6.07, 6.45) is 10.5. The predicted molar refractivity (Wildman–Crippen MR) is 122 cm³/mol. The van der Waals surface area contributed by atoms with Crippen molar-refractivity contribution in [2.45, 2.75) is 78.7 Å². The third kappa shape index (κ3) is 6.56. The number of nitrogen functional groups attached to an aromatic ring is 1. The van der Waals surface area contributed by atoms with Crippen LogP contribution in [0.4, 0.5) is 5.69 Å². The average molecular weight is 420 g/mol. The lowest BCUT2D eigenvalue weighted by Gasteiger charge is -2.37. The number of likely N-dealkylation sites (tertiary alicyclic amines) is 1. The largest absolute Gasteiger partial charge is 0.453 e. The van der Waals surface area contributed by atoms with Crippen LogP contribution in [0.5, 0.6) is 6.01 Å². The van der Waals surface area contributed by atoms with E-state index in [0.29, 0.717) is 17.1 Å². The summed E-state index contributed by atoms with van der Waals surface area (Å²) in [5.41, 5.74) is 7.78. The Morgan fingerprint density at radius 1 is 1.10 bits per heavy atom. The number of likely N-dealkylation sites (N-methyl/N-ethyl adjacent to an activating group) is 1. The zero-order valence-corrected chi connectivity index (χ0v) is 18.3. The van der Waals surface area contributed by atoms with Gasteiger partial charge in [0.15, 0.2) is 6.61 Å². The number of ether oxygens (including phenoxy) is 1. The minimum atomic E-state index is -0.0405. The molecular weight excluding hydrogens is 378 g/mol. The van der Waals surface area contributed by atoms with Gasteiger partial charge >= 0.3 is 6.01 Å². The lowest BCUT2D eigenvalue weighted by molar-refractivity contribution is -0.135. The minimum Gasteiger partial charge on any atom is -0.453 e. The number of hydrogen-bond donors (Lipinski definition) is 1. The summed E-state index contributed by atoms with van der Waals surface area (Å²) >= 11 is 0. The summed E-state index contributed by atoms with van der Waals surface area (Å²) in [7, 11) is 1.88. The average Bonchev–Trinajstić information content (AvgIpc) is 2.74. The van der Waals surface area contributed by atoms with E-state index in [0.717, 1.165) is 31.8 Å². The third-order valence-corrected chi connectivity index (χ3v) is 6.71. The number of nitrogens with zero attached hydrogens (tertiary/aromatic N) is 4. The van der Waals surface area contributed by atoms with E-state index in [-0.39, 0.29) is 32.0 Å². The maximum absolute atomic E-state index is 12.6. The topological polar surface area (TPSA) is 84.6 Å². The van der Waals surface area contributed by atoms with Crippen molar-refractivity contribution in [2.75, 3.05) is 39.0 Å². The first-order valence-corrected chi connectivity index (χ1v) is 11.2. The fourth-order valence-electron chi connectivity index (χ4n) is 4.56. The Kier molecular flexibility index (Phi) is 9.34. The van der Waals surface area contributed by atoms with Gasteiger partial charge in [0.05, 0.1) is 17.1 Å². The summed E-state index contributed by atoms with van der Waals surface area (Å²) < 4.78 is 5.54. The number of rotatable bonds is 7. The molecule has 170 valence electrons. The molecule has 1 amide bonds. The highest BCUT2D eigenvalue weighted by molar-refractivity contribution is 5.77. The van der Waals surface area contributed by atoms with E-state index in [9.17, 15) is 4.79 Å². The number of anilines is 1. The van der Waals surface area contributed by atoms with Crippen LogP contribution in [0.15, 0.2) is 0 Å². The molecule has 2 N–H and O–H groups in total. The monoisotopic (exact) mass is 419 g/mol. The molecule has 0 radical (unpaired) electrons. The fourth-order valence-corrected chi connectivity index (χ4v) is 4.56. The number of aryl methyl sites for hydroxylation is 2. The molecule has 0 bridgehead atoms. The third-order valence-electron chi connectivity index (χ3n) is 6.71. The number of nitrogens with two attached hydrogens (primary N) is 1. The van der Waals surface area contributed by atoms with Crippen molar-refractivity contribution >= 4 is 11.6 Å². The first-order chi connectivity index (χ1) is 13.9. The molecule has 1 aromatic rings. The Morgan fingerprint density at radius 2 is 1.70 bits per heavy atom. The first-order valence-electron chi connectivity index (χ1n) is 11.2. The van der Waals surface area contributed by atoms with E-state index in [1.54, 1.807) is 0 Å². The van der Waals surface area contributed by atoms with Gasteiger partial charge in [0.2, 0.25) is 0 Å². The van der Waals surface area contributed by atoms with Crippen LogP contribution in [0.1, 0.15) is 70.2 Å². The summed E-state index contributed by atoms with van der Waals surface area (Å²) in [6.45, 7) is 6.96. The van der Waals surface area contributed by atoms with Crippen LogP contribution in [-0.2, 0) is 4.79 Å². The van der Waals surface area contributed by atoms with E-state index in [1.807, 2.05) is 25.8 Å². The second kappa shape index (κ2) is 11.5. The summed E-state index contributed by atoms with van der Waals surface area (Å²) in [6, 6.07) is 0.501. The molecule has 1 saturated heterocycles. The Morgan fingerprint density at radius 3 is 2.30 bits per heavy atom. The number of carbonyl (C=O) groups is 1. The van der Waals surface area contributed by atoms with Crippen LogP contribution in [-0.4, -0.2) is 65.0 Å². The molecule has 2 aliphatic rings. The van der Waals surface area contributed by atoms with Gasteiger partial charge in [0.25, 0.3) is 5.91 Å². The van der Waals surface area contributed by atoms with Crippen LogP contribution in [0.25, 0.3) is 0 Å². The second-order valence-electron chi connectivity index (χ2n) is 8.75. The minimum absolute atomic E-state index is 0. The molecular formula is C23H41N5O2. The summed E-state index contributed by atoms with van der Waals surface area (Å²) in [5, 5.41) is 0. The van der Waals surface area contributed by atoms with Crippen LogP contribution in [0, 0.1) is 19.8 Å². The predicted octanol–water partition coefficient (Wildman–Crippen LogP) is 3.58. The van der Waals surface area contributed by atoms with Gasteiger partial charge in [-0.3, -0.25) is 4.79 Å². The second-order valence-corrected chi connectivity index (χ2v) is 8.75. The van der Waals surface area contributed by atoms with E-state index in [2.05, 4.69) is 14.9 Å². The van der Waals surface area contributed by atoms with Gasteiger partial charge in [0, 0.05) is 26.2 Å². The van der Waals surface area contributed by atoms with Gasteiger partial charge in [-0.25, -0.2) is 0 Å². The molecule has 30 heavy (non-hydrogen) atoms. The lowest BCUT2D eigenvalue weighted by atomic mass is 9.87. The Labute approximate surface area is 182 Å². The zero-order chi connectivity index (χ0) is 20.8. The van der Waals surface area contributed by atoms with E-state index in [4.69, 9.17) is 10.5 Å². The van der Waals surface area contributed by atoms with E-state index < -0.39 is 0 Å². The van der Waals surface area contributed by atoms with Crippen molar-refractivity contribution in [3.63, 3.8) is 0 Å². The standard InChI is InChI=1S/C22H37N5O2.CH4/c1-16-21(23)17(2)25-22(24-16)29-15-20(28)26(3)19-10-13-27(14-11-19)12-9-18-7-5-4-6-8-18;/h18-19H,4-15,23H2,1-3H3;1H4. The summed E-state index contributed by atoms with van der Waals surface area (Å²) in [5.74, 6) is 0.909. The number of amides is 1. The molecule has 7 nitrogen and oxygen atoms in total. The van der Waals surface area contributed by atoms with Crippen molar-refractivity contribution in [3.8, 4) is 6.01 Å². The normalized spacial score (nSPS) is 18.6. The SMILES string of the molecule is C.Cc1nc(OCC(=O)N(C)C2CCN(CCC3CCCCC3)CC2)nc(C)c1N. The molecule has 1 saturated carbocycles. The number of hydrogen-bond acceptors (Lipinski definition) is 6. The highest BCUT2D eigenvalue weighted by Gasteiger charge is 2.26. The van der Waals surface area contributed by atoms with Gasteiger partial charge in [0.1, 0.15) is 0 Å². The molecule has 0 aromatic carbocycles. The zero-order valence-electron chi connectivity index (χ0n) is 18.3. The lowest BCUT2D eigenvalue weighted by Crippen LogP contribution is -2.47. The molecule has 1 aliphatic heterocycles. The smallest absolute Gasteiger partial charge is 0.317 e. The van der Waals surface area contributed by atoms with Gasteiger partial charge in [-0.05, 0) is 45.6 Å². The molecule has 0 spiro atoms. The number of carbonyl (C=O) groups excluding carboxylic acids is 1. The van der Waals surface area contributed by atoms with E-state index >= 15 is 0 Å². The van der Waals surface area contributed by atoms with Crippen LogP contribution in [0.3, 0.4) is 0 Å². The van der Waals surface area contributed by atoms with Crippen molar-refractivity contribution in [1.82, 2.24) is 19.8 Å². The molecule has 0 atom stereocenters. The highest BCUT2D eigenvalue weighted by atomic mass is 16.5. The van der Waals surface area contributed by atoms with E-state index in [1.165, 1.54) is 45.1 Å². The quantitative estimate of drug-likeness (QED) is 0.727. The number of piperidine rings is 1. The van der Waals surface area contributed by atoms with Crippen molar-refractivity contribution < 1.29 is 9.53 Å². The molecule has 3 rings (SSSR count). The van der Waals surface area contributed by atoms with Crippen LogP contribution in [0.2, 0.25) is 0 Å². The van der Waals surface area contributed by atoms with Gasteiger partial charge in [-0.15, -0.1) is 0 Å². The molecule has 0 unspecified atom stereocenters. The molecule has 7 heteroatoms. The maximum atomic E-state index is 12.6. The van der Waals surface area contributed by atoms with Crippen molar-refractivity contribution in [2.24, 2.45) is 5.92 Å². The van der Waals surface area contributed by atoms with Crippen LogP contribution >= 0.6 is 0 Å². The molecule has 2 fully saturated rings. The molecule has 1 aliphatic carbocycles. The Bertz CT molecular complexity index is 659.